The average molecular weight is 376 g/mol. The van der Waals surface area contributed by atoms with Crippen LogP contribution in [0.4, 0.5) is 14.5 Å². The summed E-state index contributed by atoms with van der Waals surface area (Å²) in [5, 5.41) is 2.73. The maximum absolute atomic E-state index is 13.4. The summed E-state index contributed by atoms with van der Waals surface area (Å²) >= 11 is 0. The van der Waals surface area contributed by atoms with Gasteiger partial charge in [-0.3, -0.25) is 9.10 Å². The lowest BCUT2D eigenvalue weighted by Crippen LogP contribution is -2.41. The van der Waals surface area contributed by atoms with Crippen LogP contribution >= 0.6 is 0 Å². The molecule has 1 N–H and O–H groups in total. The van der Waals surface area contributed by atoms with Crippen molar-refractivity contribution in [3.05, 3.63) is 29.8 Å². The number of benzene rings is 1. The van der Waals surface area contributed by atoms with Gasteiger partial charge in [-0.15, -0.1) is 0 Å². The first-order chi connectivity index (χ1) is 11.7. The van der Waals surface area contributed by atoms with Gasteiger partial charge in [0.2, 0.25) is 15.9 Å². The van der Waals surface area contributed by atoms with Crippen LogP contribution in [0.2, 0.25) is 0 Å². The number of carbonyl (C=O) groups excluding carboxylic acids is 1. The van der Waals surface area contributed by atoms with Crippen molar-refractivity contribution in [2.75, 3.05) is 23.7 Å². The van der Waals surface area contributed by atoms with Crippen LogP contribution in [0.25, 0.3) is 0 Å². The molecule has 1 amide bonds. The molecule has 1 aromatic carbocycles. The molecule has 0 saturated heterocycles. The fourth-order valence-electron chi connectivity index (χ4n) is 2.43. The maximum Gasteiger partial charge on any atom is 0.240 e. The fourth-order valence-corrected chi connectivity index (χ4v) is 3.28. The molecule has 8 heteroatoms. The van der Waals surface area contributed by atoms with Crippen molar-refractivity contribution in [2.24, 2.45) is 5.92 Å². The molecule has 0 unspecified atom stereocenters. The zero-order valence-electron chi connectivity index (χ0n) is 14.9. The number of nitrogens with one attached hydrogen (secondary N) is 1. The Kier molecular flexibility index (Phi) is 8.28. The van der Waals surface area contributed by atoms with Crippen LogP contribution in [0.1, 0.15) is 39.5 Å². The van der Waals surface area contributed by atoms with Gasteiger partial charge in [0.15, 0.2) is 11.6 Å². The Labute approximate surface area is 148 Å². The summed E-state index contributed by atoms with van der Waals surface area (Å²) in [4.78, 5) is 12.1. The molecule has 0 aliphatic carbocycles. The van der Waals surface area contributed by atoms with Gasteiger partial charge in [0.25, 0.3) is 0 Å². The van der Waals surface area contributed by atoms with Gasteiger partial charge in [-0.25, -0.2) is 17.2 Å². The van der Waals surface area contributed by atoms with E-state index in [0.29, 0.717) is 12.5 Å². The third-order valence-electron chi connectivity index (χ3n) is 4.01. The van der Waals surface area contributed by atoms with E-state index in [0.717, 1.165) is 54.4 Å². The minimum Gasteiger partial charge on any atom is -0.354 e. The molecule has 0 aliphatic heterocycles. The third kappa shape index (κ3) is 6.97. The fraction of sp³-hybridized carbons (Fsp3) is 0.588. The molecular weight excluding hydrogens is 350 g/mol. The van der Waals surface area contributed by atoms with Gasteiger partial charge in [-0.05, 0) is 24.5 Å². The summed E-state index contributed by atoms with van der Waals surface area (Å²) < 4.78 is 51.1. The summed E-state index contributed by atoms with van der Waals surface area (Å²) in [6.07, 6.45) is 4.96. The highest BCUT2D eigenvalue weighted by atomic mass is 32.2. The predicted molar refractivity (Wildman–Crippen MR) is 94.9 cm³/mol. The molecular formula is C17H26F2N2O3S. The molecule has 0 heterocycles. The van der Waals surface area contributed by atoms with Gasteiger partial charge in [-0.2, -0.15) is 0 Å². The number of nitrogens with zero attached hydrogens (tertiary/aromatic N) is 1. The minimum atomic E-state index is -3.82. The molecule has 0 aromatic heterocycles. The number of hydrogen-bond donors (Lipinski definition) is 1. The van der Waals surface area contributed by atoms with E-state index in [-0.39, 0.29) is 5.69 Å². The van der Waals surface area contributed by atoms with Crippen molar-refractivity contribution >= 4 is 21.6 Å². The van der Waals surface area contributed by atoms with Gasteiger partial charge < -0.3 is 5.32 Å². The highest BCUT2D eigenvalue weighted by molar-refractivity contribution is 7.92. The summed E-state index contributed by atoms with van der Waals surface area (Å²) in [6, 6.07) is 2.72. The number of anilines is 1. The summed E-state index contributed by atoms with van der Waals surface area (Å²) in [6.45, 7) is 4.12. The highest BCUT2D eigenvalue weighted by Gasteiger charge is 2.22. The second-order valence-electron chi connectivity index (χ2n) is 6.09. The predicted octanol–water partition coefficient (Wildman–Crippen LogP) is 3.06. The number of sulfonamides is 1. The van der Waals surface area contributed by atoms with E-state index in [1.54, 1.807) is 0 Å². The lowest BCUT2D eigenvalue weighted by atomic mass is 9.99. The van der Waals surface area contributed by atoms with E-state index in [9.17, 15) is 22.0 Å². The zero-order valence-corrected chi connectivity index (χ0v) is 15.7. The Bertz CT molecular complexity index is 680. The molecule has 0 aliphatic rings. The Balaban J connectivity index is 2.79. The Morgan fingerprint density at radius 2 is 1.92 bits per heavy atom. The molecule has 0 bridgehead atoms. The molecule has 1 atom stereocenters. The lowest BCUT2D eigenvalue weighted by Gasteiger charge is -2.23. The molecule has 142 valence electrons. The number of halogens is 2. The number of unbranched alkanes of at least 4 members (excludes halogenated alkanes) is 1. The molecule has 1 aromatic rings. The Hall–Kier alpha value is -1.70. The third-order valence-corrected chi connectivity index (χ3v) is 5.15. The number of carbonyl (C=O) groups is 1. The molecule has 25 heavy (non-hydrogen) atoms. The van der Waals surface area contributed by atoms with Crippen LogP contribution in [0.3, 0.4) is 0 Å². The van der Waals surface area contributed by atoms with E-state index in [2.05, 4.69) is 12.2 Å². The molecule has 0 radical (unpaired) electrons. The Morgan fingerprint density at radius 1 is 1.24 bits per heavy atom. The maximum atomic E-state index is 13.4. The number of rotatable bonds is 10. The lowest BCUT2D eigenvalue weighted by molar-refractivity contribution is -0.119. The molecule has 0 spiro atoms. The van der Waals surface area contributed by atoms with Crippen LogP contribution in [0.15, 0.2) is 18.2 Å². The van der Waals surface area contributed by atoms with Gasteiger partial charge in [0.05, 0.1) is 11.9 Å². The van der Waals surface area contributed by atoms with E-state index >= 15 is 0 Å². The van der Waals surface area contributed by atoms with Gasteiger partial charge >= 0.3 is 0 Å². The van der Waals surface area contributed by atoms with Crippen molar-refractivity contribution in [3.63, 3.8) is 0 Å². The number of hydrogen-bond acceptors (Lipinski definition) is 3. The van der Waals surface area contributed by atoms with Gasteiger partial charge in [0, 0.05) is 12.6 Å². The van der Waals surface area contributed by atoms with E-state index in [4.69, 9.17) is 0 Å². The van der Waals surface area contributed by atoms with Crippen molar-refractivity contribution in [3.8, 4) is 0 Å². The quantitative estimate of drug-likeness (QED) is 0.682. The number of amides is 1. The monoisotopic (exact) mass is 376 g/mol. The van der Waals surface area contributed by atoms with E-state index in [1.807, 2.05) is 6.92 Å². The van der Waals surface area contributed by atoms with Gasteiger partial charge in [-0.1, -0.05) is 33.1 Å². The van der Waals surface area contributed by atoms with E-state index < -0.39 is 34.1 Å². The standard InChI is InChI=1S/C17H26F2N2O3S/c1-4-6-7-13(5-2)11-20-17(22)12-21(25(3,23)24)14-8-9-15(18)16(19)10-14/h8-10,13H,4-7,11-12H2,1-3H3,(H,20,22)/t13-/m0/s1. The average Bonchev–Trinajstić information content (AvgIpc) is 2.54. The van der Waals surface area contributed by atoms with Crippen molar-refractivity contribution < 1.29 is 22.0 Å². The van der Waals surface area contributed by atoms with Crippen molar-refractivity contribution in [2.45, 2.75) is 39.5 Å². The molecule has 1 rings (SSSR count). The summed E-state index contributed by atoms with van der Waals surface area (Å²) in [7, 11) is -3.82. The highest BCUT2D eigenvalue weighted by Crippen LogP contribution is 2.20. The molecule has 0 fully saturated rings. The van der Waals surface area contributed by atoms with Crippen LogP contribution in [-0.2, 0) is 14.8 Å². The van der Waals surface area contributed by atoms with Crippen LogP contribution in [-0.4, -0.2) is 33.7 Å². The minimum absolute atomic E-state index is 0.0884. The van der Waals surface area contributed by atoms with Crippen molar-refractivity contribution in [1.29, 1.82) is 0 Å². The Morgan fingerprint density at radius 3 is 2.44 bits per heavy atom. The smallest absolute Gasteiger partial charge is 0.240 e. The van der Waals surface area contributed by atoms with Crippen molar-refractivity contribution in [1.82, 2.24) is 5.32 Å². The second-order valence-corrected chi connectivity index (χ2v) is 8.00. The summed E-state index contributed by atoms with van der Waals surface area (Å²) in [5.74, 6) is -2.40. The van der Waals surface area contributed by atoms with Crippen LogP contribution < -0.4 is 9.62 Å². The first kappa shape index (κ1) is 21.3. The zero-order chi connectivity index (χ0) is 19.0. The van der Waals surface area contributed by atoms with Gasteiger partial charge in [0.1, 0.15) is 6.54 Å². The van der Waals surface area contributed by atoms with E-state index in [1.165, 1.54) is 0 Å². The summed E-state index contributed by atoms with van der Waals surface area (Å²) in [5.41, 5.74) is -0.0884. The van der Waals surface area contributed by atoms with Crippen LogP contribution in [0.5, 0.6) is 0 Å². The van der Waals surface area contributed by atoms with Crippen LogP contribution in [0, 0.1) is 17.6 Å². The first-order valence-electron chi connectivity index (χ1n) is 8.38. The molecule has 5 nitrogen and oxygen atoms in total. The molecule has 0 saturated carbocycles. The SMILES string of the molecule is CCCC[C@H](CC)CNC(=O)CN(c1ccc(F)c(F)c1)S(C)(=O)=O. The second kappa shape index (κ2) is 9.70. The normalized spacial score (nSPS) is 12.7. The topological polar surface area (TPSA) is 66.5 Å². The largest absolute Gasteiger partial charge is 0.354 e. The first-order valence-corrected chi connectivity index (χ1v) is 10.2.